The summed E-state index contributed by atoms with van der Waals surface area (Å²) in [5.74, 6) is 1.10. The van der Waals surface area contributed by atoms with Crippen molar-refractivity contribution in [1.29, 1.82) is 0 Å². The maximum Gasteiger partial charge on any atom is 0.123 e. The Kier molecular flexibility index (Phi) is 3.78. The van der Waals surface area contributed by atoms with E-state index in [0.29, 0.717) is 14.6 Å². The van der Waals surface area contributed by atoms with Crippen LogP contribution in [0, 0.1) is 5.92 Å². The number of halogens is 2. The molecule has 2 aromatic rings. The number of aromatic nitrogens is 2. The van der Waals surface area contributed by atoms with Crippen molar-refractivity contribution in [1.82, 2.24) is 9.97 Å². The van der Waals surface area contributed by atoms with Crippen LogP contribution in [0.5, 0.6) is 0 Å². The van der Waals surface area contributed by atoms with Gasteiger partial charge in [0.2, 0.25) is 0 Å². The van der Waals surface area contributed by atoms with Crippen molar-refractivity contribution >= 4 is 34.5 Å². The van der Waals surface area contributed by atoms with Gasteiger partial charge < -0.3 is 10.7 Å². The number of imidazole rings is 1. The Morgan fingerprint density at radius 2 is 2.12 bits per heavy atom. The largest absolute Gasteiger partial charge is 0.341 e. The van der Waals surface area contributed by atoms with E-state index in [0.717, 1.165) is 17.1 Å². The molecule has 0 aliphatic rings. The Bertz CT molecular complexity index is 519. The van der Waals surface area contributed by atoms with Crippen LogP contribution in [0.1, 0.15) is 25.7 Å². The van der Waals surface area contributed by atoms with Gasteiger partial charge in [0.25, 0.3) is 0 Å². The van der Waals surface area contributed by atoms with E-state index in [4.69, 9.17) is 28.9 Å². The first kappa shape index (κ1) is 12.9. The quantitative estimate of drug-likeness (QED) is 0.894. The number of nitrogens with one attached hydrogen (secondary N) is 1. The fourth-order valence-corrected chi connectivity index (χ4v) is 2.97. The third-order valence-electron chi connectivity index (χ3n) is 2.58. The van der Waals surface area contributed by atoms with E-state index >= 15 is 0 Å². The van der Waals surface area contributed by atoms with Crippen molar-refractivity contribution in [2.75, 3.05) is 0 Å². The van der Waals surface area contributed by atoms with Crippen LogP contribution >= 0.6 is 34.5 Å². The molecule has 2 aromatic heterocycles. The molecule has 0 saturated carbocycles. The minimum absolute atomic E-state index is 0.100. The monoisotopic (exact) mass is 289 g/mol. The van der Waals surface area contributed by atoms with Gasteiger partial charge in [0.05, 0.1) is 22.3 Å². The summed E-state index contributed by atoms with van der Waals surface area (Å²) < 4.78 is 1.32. The summed E-state index contributed by atoms with van der Waals surface area (Å²) in [6.45, 7) is 4.11. The second-order valence-corrected chi connectivity index (χ2v) is 6.48. The summed E-state index contributed by atoms with van der Waals surface area (Å²) in [6, 6.07) is 1.73. The van der Waals surface area contributed by atoms with E-state index in [1.807, 2.05) is 6.07 Å². The van der Waals surface area contributed by atoms with Gasteiger partial charge in [0.1, 0.15) is 10.2 Å². The average molecular weight is 290 g/mol. The van der Waals surface area contributed by atoms with Gasteiger partial charge in [-0.1, -0.05) is 37.0 Å². The maximum atomic E-state index is 6.09. The maximum absolute atomic E-state index is 6.09. The van der Waals surface area contributed by atoms with Crippen LogP contribution in [0.2, 0.25) is 8.67 Å². The molecule has 1 atom stereocenters. The molecule has 92 valence electrons. The fraction of sp³-hybridized carbons (Fsp3) is 0.364. The SMILES string of the molecule is CC(C)C(N)c1ncc(-c2cc(Cl)sc2Cl)[nH]1. The molecule has 0 bridgehead atoms. The lowest BCUT2D eigenvalue weighted by molar-refractivity contribution is 0.494. The summed E-state index contributed by atoms with van der Waals surface area (Å²) in [5.41, 5.74) is 7.75. The van der Waals surface area contributed by atoms with Gasteiger partial charge in [-0.15, -0.1) is 11.3 Å². The normalized spacial score (nSPS) is 13.3. The van der Waals surface area contributed by atoms with Gasteiger partial charge in [0.15, 0.2) is 0 Å². The molecule has 0 spiro atoms. The average Bonchev–Trinajstić information content (AvgIpc) is 2.83. The van der Waals surface area contributed by atoms with Crippen LogP contribution in [-0.2, 0) is 0 Å². The highest BCUT2D eigenvalue weighted by Gasteiger charge is 2.16. The van der Waals surface area contributed by atoms with E-state index in [2.05, 4.69) is 23.8 Å². The molecule has 3 nitrogen and oxygen atoms in total. The summed E-state index contributed by atoms with van der Waals surface area (Å²) in [7, 11) is 0. The van der Waals surface area contributed by atoms with E-state index in [9.17, 15) is 0 Å². The highest BCUT2D eigenvalue weighted by atomic mass is 35.5. The number of hydrogen-bond acceptors (Lipinski definition) is 3. The van der Waals surface area contributed by atoms with Gasteiger partial charge in [-0.3, -0.25) is 0 Å². The van der Waals surface area contributed by atoms with Crippen molar-refractivity contribution in [3.05, 3.63) is 26.8 Å². The minimum atomic E-state index is -0.100. The van der Waals surface area contributed by atoms with Crippen molar-refractivity contribution in [2.24, 2.45) is 11.7 Å². The van der Waals surface area contributed by atoms with E-state index < -0.39 is 0 Å². The second kappa shape index (κ2) is 4.98. The van der Waals surface area contributed by atoms with Crippen LogP contribution < -0.4 is 5.73 Å². The Hall–Kier alpha value is -0.550. The number of nitrogens with zero attached hydrogens (tertiary/aromatic N) is 1. The van der Waals surface area contributed by atoms with Crippen LogP contribution in [0.3, 0.4) is 0 Å². The van der Waals surface area contributed by atoms with Crippen LogP contribution in [0.25, 0.3) is 11.3 Å². The topological polar surface area (TPSA) is 54.7 Å². The van der Waals surface area contributed by atoms with Gasteiger partial charge in [-0.25, -0.2) is 4.98 Å². The van der Waals surface area contributed by atoms with Crippen molar-refractivity contribution in [3.63, 3.8) is 0 Å². The second-order valence-electron chi connectivity index (χ2n) is 4.19. The zero-order valence-corrected chi connectivity index (χ0v) is 11.8. The molecule has 0 aliphatic heterocycles. The van der Waals surface area contributed by atoms with E-state index in [-0.39, 0.29) is 6.04 Å². The number of H-pyrrole nitrogens is 1. The molecule has 0 amide bonds. The van der Waals surface area contributed by atoms with Crippen molar-refractivity contribution < 1.29 is 0 Å². The van der Waals surface area contributed by atoms with Crippen LogP contribution in [0.4, 0.5) is 0 Å². The standard InChI is InChI=1S/C11H13Cl2N3S/c1-5(2)9(14)11-15-4-7(16-11)6-3-8(12)17-10(6)13/h3-5,9H,14H2,1-2H3,(H,15,16). The summed E-state index contributed by atoms with van der Waals surface area (Å²) in [4.78, 5) is 7.48. The Labute approximate surface area is 114 Å². The summed E-state index contributed by atoms with van der Waals surface area (Å²) in [5, 5.41) is 0. The lowest BCUT2D eigenvalue weighted by atomic mass is 10.1. The fourth-order valence-electron chi connectivity index (χ4n) is 1.48. The van der Waals surface area contributed by atoms with E-state index in [1.165, 1.54) is 11.3 Å². The number of thiophene rings is 1. The molecule has 2 heterocycles. The van der Waals surface area contributed by atoms with Crippen LogP contribution in [0.15, 0.2) is 12.3 Å². The Morgan fingerprint density at radius 3 is 2.65 bits per heavy atom. The van der Waals surface area contributed by atoms with Crippen molar-refractivity contribution in [2.45, 2.75) is 19.9 Å². The first-order chi connectivity index (χ1) is 7.99. The predicted molar refractivity (Wildman–Crippen MR) is 73.7 cm³/mol. The molecular formula is C11H13Cl2N3S. The number of nitrogens with two attached hydrogens (primary N) is 1. The molecule has 6 heteroatoms. The van der Waals surface area contributed by atoms with Gasteiger partial charge in [-0.2, -0.15) is 0 Å². The molecule has 1 unspecified atom stereocenters. The zero-order chi connectivity index (χ0) is 12.6. The number of aromatic amines is 1. The molecule has 0 aromatic carbocycles. The van der Waals surface area contributed by atoms with Gasteiger partial charge in [0, 0.05) is 5.56 Å². The molecule has 0 aliphatic carbocycles. The third-order valence-corrected chi connectivity index (χ3v) is 4.06. The highest BCUT2D eigenvalue weighted by molar-refractivity contribution is 7.20. The number of rotatable bonds is 3. The van der Waals surface area contributed by atoms with Crippen molar-refractivity contribution in [3.8, 4) is 11.3 Å². The lowest BCUT2D eigenvalue weighted by Crippen LogP contribution is -2.18. The number of hydrogen-bond donors (Lipinski definition) is 2. The molecule has 0 fully saturated rings. The molecule has 17 heavy (non-hydrogen) atoms. The summed E-state index contributed by atoms with van der Waals surface area (Å²) >= 11 is 13.3. The minimum Gasteiger partial charge on any atom is -0.341 e. The van der Waals surface area contributed by atoms with Crippen LogP contribution in [-0.4, -0.2) is 9.97 Å². The first-order valence-corrected chi connectivity index (χ1v) is 6.82. The molecule has 2 rings (SSSR count). The Morgan fingerprint density at radius 1 is 1.41 bits per heavy atom. The smallest absolute Gasteiger partial charge is 0.123 e. The lowest BCUT2D eigenvalue weighted by Gasteiger charge is -2.11. The van der Waals surface area contributed by atoms with Gasteiger partial charge in [-0.05, 0) is 12.0 Å². The highest BCUT2D eigenvalue weighted by Crippen LogP contribution is 2.37. The molecule has 0 radical (unpaired) electrons. The first-order valence-electron chi connectivity index (χ1n) is 5.24. The predicted octanol–water partition coefficient (Wildman–Crippen LogP) is 4.10. The Balaban J connectivity index is 2.33. The molecule has 3 N–H and O–H groups in total. The van der Waals surface area contributed by atoms with E-state index in [1.54, 1.807) is 6.20 Å². The van der Waals surface area contributed by atoms with Gasteiger partial charge >= 0.3 is 0 Å². The zero-order valence-electron chi connectivity index (χ0n) is 9.50. The molecular weight excluding hydrogens is 277 g/mol. The summed E-state index contributed by atoms with van der Waals surface area (Å²) in [6.07, 6.45) is 1.74. The molecule has 0 saturated heterocycles. The third kappa shape index (κ3) is 2.65.